The smallest absolute Gasteiger partial charge is 0.337 e. The fraction of sp³-hybridized carbons (Fsp3) is 0.250. The first-order valence-electron chi connectivity index (χ1n) is 11.3. The summed E-state index contributed by atoms with van der Waals surface area (Å²) in [4.78, 5) is 26.5. The zero-order chi connectivity index (χ0) is 25.2. The Balaban J connectivity index is 1.94. The fourth-order valence-corrected chi connectivity index (χ4v) is 4.12. The highest BCUT2D eigenvalue weighted by atomic mass is 35.5. The summed E-state index contributed by atoms with van der Waals surface area (Å²) in [5.41, 5.74) is 3.53. The van der Waals surface area contributed by atoms with E-state index in [4.69, 9.17) is 26.3 Å². The Hall–Kier alpha value is -3.82. The van der Waals surface area contributed by atoms with Gasteiger partial charge in [-0.3, -0.25) is 0 Å². The fourth-order valence-electron chi connectivity index (χ4n) is 3.92. The van der Waals surface area contributed by atoms with Gasteiger partial charge in [0.25, 0.3) is 0 Å². The standard InChI is InChI=1S/C28H27ClN2O4/c1-3-23-26(28(33)34-16-8-12-20-10-5-4-6-11-20)25(21-13-7-14-22(29)18-21)24(19(2)31-23)27(32)35-17-9-15-30/h4-8,10-14,18,25,31H,3,9,16-17H2,1-2H3/b12-8+. The summed E-state index contributed by atoms with van der Waals surface area (Å²) in [6.45, 7) is 3.71. The molecule has 6 nitrogen and oxygen atoms in total. The Labute approximate surface area is 210 Å². The second-order valence-corrected chi connectivity index (χ2v) is 8.29. The van der Waals surface area contributed by atoms with Gasteiger partial charge in [-0.05, 0) is 42.7 Å². The summed E-state index contributed by atoms with van der Waals surface area (Å²) >= 11 is 6.26. The van der Waals surface area contributed by atoms with Crippen molar-refractivity contribution in [1.82, 2.24) is 5.32 Å². The molecule has 180 valence electrons. The van der Waals surface area contributed by atoms with Crippen molar-refractivity contribution in [3.8, 4) is 6.07 Å². The maximum atomic E-state index is 13.4. The molecular formula is C28H27ClN2O4. The first kappa shape index (κ1) is 25.8. The number of rotatable bonds is 9. The number of nitrogens with zero attached hydrogens (tertiary/aromatic N) is 1. The minimum Gasteiger partial charge on any atom is -0.461 e. The van der Waals surface area contributed by atoms with Crippen molar-refractivity contribution in [2.24, 2.45) is 0 Å². The predicted molar refractivity (Wildman–Crippen MR) is 135 cm³/mol. The lowest BCUT2D eigenvalue weighted by Crippen LogP contribution is -2.33. The summed E-state index contributed by atoms with van der Waals surface area (Å²) in [6, 6.07) is 18.7. The van der Waals surface area contributed by atoms with Crippen LogP contribution in [0.5, 0.6) is 0 Å². The van der Waals surface area contributed by atoms with Crippen molar-refractivity contribution < 1.29 is 19.1 Å². The molecule has 1 atom stereocenters. The Morgan fingerprint density at radius 1 is 1.09 bits per heavy atom. The first-order chi connectivity index (χ1) is 17.0. The van der Waals surface area contributed by atoms with E-state index < -0.39 is 17.9 Å². The number of carbonyl (C=O) groups excluding carboxylic acids is 2. The lowest BCUT2D eigenvalue weighted by atomic mass is 9.80. The van der Waals surface area contributed by atoms with Crippen LogP contribution in [0.4, 0.5) is 0 Å². The second-order valence-electron chi connectivity index (χ2n) is 7.85. The molecule has 7 heteroatoms. The minimum atomic E-state index is -0.731. The molecule has 1 heterocycles. The van der Waals surface area contributed by atoms with Crippen LogP contribution < -0.4 is 5.32 Å². The van der Waals surface area contributed by atoms with E-state index in [-0.39, 0.29) is 25.2 Å². The van der Waals surface area contributed by atoms with Gasteiger partial charge in [0.2, 0.25) is 0 Å². The maximum Gasteiger partial charge on any atom is 0.337 e. The van der Waals surface area contributed by atoms with Crippen LogP contribution in [-0.2, 0) is 19.1 Å². The largest absolute Gasteiger partial charge is 0.461 e. The molecule has 1 aliphatic rings. The number of dihydropyridines is 1. The molecule has 0 saturated carbocycles. The lowest BCUT2D eigenvalue weighted by molar-refractivity contribution is -0.139. The van der Waals surface area contributed by atoms with Gasteiger partial charge in [-0.15, -0.1) is 0 Å². The first-order valence-corrected chi connectivity index (χ1v) is 11.7. The zero-order valence-electron chi connectivity index (χ0n) is 19.7. The van der Waals surface area contributed by atoms with Gasteiger partial charge in [-0.2, -0.15) is 5.26 Å². The number of esters is 2. The van der Waals surface area contributed by atoms with Crippen LogP contribution in [-0.4, -0.2) is 25.2 Å². The molecule has 1 unspecified atom stereocenters. The molecule has 2 aromatic rings. The van der Waals surface area contributed by atoms with Gasteiger partial charge in [-0.1, -0.05) is 67.1 Å². The van der Waals surface area contributed by atoms with E-state index in [0.717, 1.165) is 5.56 Å². The zero-order valence-corrected chi connectivity index (χ0v) is 20.5. The number of nitrogens with one attached hydrogen (secondary N) is 1. The molecule has 0 fully saturated rings. The van der Waals surface area contributed by atoms with E-state index in [2.05, 4.69) is 5.32 Å². The molecule has 35 heavy (non-hydrogen) atoms. The summed E-state index contributed by atoms with van der Waals surface area (Å²) in [5, 5.41) is 12.5. The third-order valence-corrected chi connectivity index (χ3v) is 5.72. The van der Waals surface area contributed by atoms with Gasteiger partial charge >= 0.3 is 11.9 Å². The number of hydrogen-bond donors (Lipinski definition) is 1. The minimum absolute atomic E-state index is 0.0389. The van der Waals surface area contributed by atoms with Crippen molar-refractivity contribution in [2.45, 2.75) is 32.6 Å². The van der Waals surface area contributed by atoms with E-state index in [9.17, 15) is 9.59 Å². The molecule has 0 saturated heterocycles. The lowest BCUT2D eigenvalue weighted by Gasteiger charge is -2.31. The molecule has 1 aliphatic heterocycles. The van der Waals surface area contributed by atoms with Gasteiger partial charge in [0, 0.05) is 16.4 Å². The van der Waals surface area contributed by atoms with E-state index in [0.29, 0.717) is 34.0 Å². The number of halogens is 1. The normalized spacial score (nSPS) is 15.5. The molecular weight excluding hydrogens is 464 g/mol. The van der Waals surface area contributed by atoms with Crippen molar-refractivity contribution >= 4 is 29.6 Å². The van der Waals surface area contributed by atoms with E-state index in [1.807, 2.05) is 55.5 Å². The van der Waals surface area contributed by atoms with Crippen molar-refractivity contribution in [3.63, 3.8) is 0 Å². The molecule has 0 spiro atoms. The van der Waals surface area contributed by atoms with Gasteiger partial charge in [0.15, 0.2) is 0 Å². The molecule has 0 bridgehead atoms. The molecule has 0 aliphatic carbocycles. The van der Waals surface area contributed by atoms with E-state index >= 15 is 0 Å². The number of hydrogen-bond acceptors (Lipinski definition) is 6. The summed E-state index contributed by atoms with van der Waals surface area (Å²) in [7, 11) is 0. The molecule has 2 aromatic carbocycles. The third-order valence-electron chi connectivity index (χ3n) is 5.49. The number of carbonyl (C=O) groups is 2. The van der Waals surface area contributed by atoms with Crippen LogP contribution in [0.1, 0.15) is 43.7 Å². The Kier molecular flexibility index (Phi) is 9.28. The Bertz CT molecular complexity index is 1210. The van der Waals surface area contributed by atoms with Crippen LogP contribution in [0.25, 0.3) is 6.08 Å². The van der Waals surface area contributed by atoms with Crippen LogP contribution in [0, 0.1) is 11.3 Å². The highest BCUT2D eigenvalue weighted by Crippen LogP contribution is 2.40. The monoisotopic (exact) mass is 490 g/mol. The maximum absolute atomic E-state index is 13.4. The summed E-state index contributed by atoms with van der Waals surface area (Å²) in [6.07, 6.45) is 4.24. The SMILES string of the molecule is CCC1=C(C(=O)OC/C=C/c2ccccc2)C(c2cccc(Cl)c2)C(C(=O)OCCC#N)=C(C)N1. The second kappa shape index (κ2) is 12.6. The van der Waals surface area contributed by atoms with E-state index in [1.54, 1.807) is 31.2 Å². The van der Waals surface area contributed by atoms with Gasteiger partial charge in [0.1, 0.15) is 13.2 Å². The summed E-state index contributed by atoms with van der Waals surface area (Å²) in [5.74, 6) is -1.86. The van der Waals surface area contributed by atoms with Crippen molar-refractivity contribution in [3.05, 3.63) is 99.4 Å². The van der Waals surface area contributed by atoms with Gasteiger partial charge < -0.3 is 14.8 Å². The summed E-state index contributed by atoms with van der Waals surface area (Å²) < 4.78 is 10.9. The third kappa shape index (κ3) is 6.62. The van der Waals surface area contributed by atoms with Crippen LogP contribution in [0.15, 0.2) is 83.2 Å². The topological polar surface area (TPSA) is 88.4 Å². The highest BCUT2D eigenvalue weighted by Gasteiger charge is 2.38. The number of allylic oxidation sites excluding steroid dienone is 2. The predicted octanol–water partition coefficient (Wildman–Crippen LogP) is 5.68. The average Bonchev–Trinajstić information content (AvgIpc) is 2.86. The van der Waals surface area contributed by atoms with Gasteiger partial charge in [0.05, 0.1) is 29.6 Å². The van der Waals surface area contributed by atoms with Crippen LogP contribution >= 0.6 is 11.6 Å². The molecule has 0 radical (unpaired) electrons. The Morgan fingerprint density at radius 2 is 1.83 bits per heavy atom. The van der Waals surface area contributed by atoms with Crippen molar-refractivity contribution in [1.29, 1.82) is 5.26 Å². The average molecular weight is 491 g/mol. The molecule has 0 amide bonds. The quantitative estimate of drug-likeness (QED) is 0.359. The number of nitriles is 1. The van der Waals surface area contributed by atoms with Crippen LogP contribution in [0.2, 0.25) is 5.02 Å². The molecule has 0 aromatic heterocycles. The van der Waals surface area contributed by atoms with Gasteiger partial charge in [-0.25, -0.2) is 9.59 Å². The van der Waals surface area contributed by atoms with Crippen LogP contribution in [0.3, 0.4) is 0 Å². The highest BCUT2D eigenvalue weighted by molar-refractivity contribution is 6.30. The molecule has 1 N–H and O–H groups in total. The number of ether oxygens (including phenoxy) is 2. The van der Waals surface area contributed by atoms with Crippen molar-refractivity contribution in [2.75, 3.05) is 13.2 Å². The van der Waals surface area contributed by atoms with E-state index in [1.165, 1.54) is 0 Å². The Morgan fingerprint density at radius 3 is 2.51 bits per heavy atom. The molecule has 3 rings (SSSR count). The number of benzene rings is 2.